The van der Waals surface area contributed by atoms with Gasteiger partial charge in [0.15, 0.2) is 0 Å². The second kappa shape index (κ2) is 10.5. The molecule has 1 heterocycles. The van der Waals surface area contributed by atoms with E-state index >= 15 is 0 Å². The average molecular weight is 535 g/mol. The molecule has 10 heteroatoms. The van der Waals surface area contributed by atoms with Gasteiger partial charge in [-0.1, -0.05) is 53.9 Å². The summed E-state index contributed by atoms with van der Waals surface area (Å²) in [6.07, 6.45) is 3.33. The zero-order valence-electron chi connectivity index (χ0n) is 24.4. The van der Waals surface area contributed by atoms with Crippen LogP contribution >= 0.6 is 0 Å². The number of hydrogen-bond donors (Lipinski definition) is 3. The average Bonchev–Trinajstić information content (AvgIpc) is 3.08. The molecule has 3 rings (SSSR count). The van der Waals surface area contributed by atoms with Gasteiger partial charge in [0.2, 0.25) is 11.8 Å². The van der Waals surface area contributed by atoms with Crippen LogP contribution in [0.15, 0.2) is 0 Å². The highest BCUT2D eigenvalue weighted by atomic mass is 16.5. The number of ether oxygens (including phenoxy) is 1. The third kappa shape index (κ3) is 6.31. The number of carbonyl (C=O) groups is 5. The Kier molecular flexibility index (Phi) is 8.25. The predicted molar refractivity (Wildman–Crippen MR) is 142 cm³/mol. The molecule has 2 aliphatic carbocycles. The fourth-order valence-electron chi connectivity index (χ4n) is 5.93. The van der Waals surface area contributed by atoms with E-state index in [1.165, 1.54) is 0 Å². The molecule has 0 aromatic rings. The predicted octanol–water partition coefficient (Wildman–Crippen LogP) is 2.40. The van der Waals surface area contributed by atoms with Crippen molar-refractivity contribution in [3.8, 4) is 0 Å². The number of rotatable bonds is 8. The second-order valence-corrected chi connectivity index (χ2v) is 14.0. The number of piperidine rings is 1. The number of likely N-dealkylation sites (tertiary alicyclic amines) is 1. The number of ketones is 1. The maximum atomic E-state index is 14.0. The first-order valence-corrected chi connectivity index (χ1v) is 13.7. The van der Waals surface area contributed by atoms with Gasteiger partial charge in [0.1, 0.15) is 12.1 Å². The molecule has 5 atom stereocenters. The minimum absolute atomic E-state index is 0.0759. The van der Waals surface area contributed by atoms with Crippen LogP contribution in [0.3, 0.4) is 0 Å². The molecular weight excluding hydrogens is 488 g/mol. The summed E-state index contributed by atoms with van der Waals surface area (Å²) in [6, 6.07) is -3.12. The first-order chi connectivity index (χ1) is 17.4. The van der Waals surface area contributed by atoms with Gasteiger partial charge in [-0.15, -0.1) is 0 Å². The molecule has 3 aliphatic rings. The number of esters is 1. The van der Waals surface area contributed by atoms with Gasteiger partial charge in [0.05, 0.1) is 13.2 Å². The van der Waals surface area contributed by atoms with Crippen LogP contribution in [-0.4, -0.2) is 71.8 Å². The number of nitrogens with zero attached hydrogens (tertiary/aromatic N) is 1. The van der Waals surface area contributed by atoms with E-state index in [1.54, 1.807) is 4.90 Å². The monoisotopic (exact) mass is 534 g/mol. The van der Waals surface area contributed by atoms with Crippen LogP contribution in [0.2, 0.25) is 0 Å². The fraction of sp³-hybridized carbons (Fsp3) is 0.821. The van der Waals surface area contributed by atoms with Crippen molar-refractivity contribution in [1.82, 2.24) is 20.9 Å². The lowest BCUT2D eigenvalue weighted by Gasteiger charge is -2.38. The van der Waals surface area contributed by atoms with Gasteiger partial charge >= 0.3 is 12.0 Å². The summed E-state index contributed by atoms with van der Waals surface area (Å²) in [4.78, 5) is 66.9. The Morgan fingerprint density at radius 3 is 2.08 bits per heavy atom. The number of hydrogen-bond acceptors (Lipinski definition) is 6. The Balaban J connectivity index is 1.84. The lowest BCUT2D eigenvalue weighted by molar-refractivity contribution is -0.153. The van der Waals surface area contributed by atoms with Crippen molar-refractivity contribution in [2.24, 2.45) is 28.6 Å². The Morgan fingerprint density at radius 2 is 1.61 bits per heavy atom. The van der Waals surface area contributed by atoms with E-state index in [0.29, 0.717) is 13.0 Å². The van der Waals surface area contributed by atoms with Crippen molar-refractivity contribution >= 4 is 29.6 Å². The maximum absolute atomic E-state index is 14.0. The number of amides is 4. The second-order valence-electron chi connectivity index (χ2n) is 14.0. The highest BCUT2D eigenvalue weighted by molar-refractivity contribution is 6.36. The molecule has 2 saturated carbocycles. The highest BCUT2D eigenvalue weighted by Gasteiger charge is 2.70. The zero-order chi connectivity index (χ0) is 28.8. The summed E-state index contributed by atoms with van der Waals surface area (Å²) in [7, 11) is 1.15. The normalized spacial score (nSPS) is 25.8. The molecule has 0 aromatic heterocycles. The molecule has 38 heavy (non-hydrogen) atoms. The smallest absolute Gasteiger partial charge is 0.376 e. The highest BCUT2D eigenvalue weighted by Crippen LogP contribution is 2.65. The molecule has 3 N–H and O–H groups in total. The Labute approximate surface area is 226 Å². The van der Waals surface area contributed by atoms with Gasteiger partial charge in [-0.05, 0) is 55.8 Å². The molecule has 4 amide bonds. The molecule has 1 aliphatic heterocycles. The zero-order valence-corrected chi connectivity index (χ0v) is 24.4. The Morgan fingerprint density at radius 1 is 1.00 bits per heavy atom. The molecule has 1 saturated heterocycles. The topological polar surface area (TPSA) is 134 Å². The Hall–Kier alpha value is -2.65. The summed E-state index contributed by atoms with van der Waals surface area (Å²) in [5.74, 6) is -2.22. The first kappa shape index (κ1) is 29.9. The van der Waals surface area contributed by atoms with Gasteiger partial charge in [-0.2, -0.15) is 0 Å². The first-order valence-electron chi connectivity index (χ1n) is 13.7. The lowest BCUT2D eigenvalue weighted by Crippen LogP contribution is -2.62. The maximum Gasteiger partial charge on any atom is 0.376 e. The molecule has 5 unspecified atom stereocenters. The van der Waals surface area contributed by atoms with Crippen molar-refractivity contribution in [2.45, 2.75) is 105 Å². The van der Waals surface area contributed by atoms with E-state index in [2.05, 4.69) is 34.5 Å². The molecule has 214 valence electrons. The van der Waals surface area contributed by atoms with Crippen LogP contribution in [0.5, 0.6) is 0 Å². The summed E-state index contributed by atoms with van der Waals surface area (Å²) < 4.78 is 4.64. The van der Waals surface area contributed by atoms with Crippen LogP contribution < -0.4 is 16.0 Å². The molecule has 3 fully saturated rings. The lowest BCUT2D eigenvalue weighted by atomic mass is 9.80. The van der Waals surface area contributed by atoms with Gasteiger partial charge in [0, 0.05) is 12.1 Å². The SMILES string of the molecule is COC(=O)C(=O)C(CC1CCC1)NC(=O)C1C2C(CN1C(=O)C(NC(=O)NC(C)(C)C)C(C)(C)C)C2(C)C. The van der Waals surface area contributed by atoms with E-state index in [4.69, 9.17) is 0 Å². The third-order valence-electron chi connectivity index (χ3n) is 8.45. The molecular formula is C28H46N4O6. The molecule has 0 bridgehead atoms. The molecule has 0 spiro atoms. The van der Waals surface area contributed by atoms with Crippen LogP contribution in [0, 0.1) is 28.6 Å². The summed E-state index contributed by atoms with van der Waals surface area (Å²) in [5.41, 5.74) is -1.25. The largest absolute Gasteiger partial charge is 0.463 e. The van der Waals surface area contributed by atoms with Crippen molar-refractivity contribution in [3.05, 3.63) is 0 Å². The molecule has 10 nitrogen and oxygen atoms in total. The van der Waals surface area contributed by atoms with Crippen LogP contribution in [-0.2, 0) is 23.9 Å². The summed E-state index contributed by atoms with van der Waals surface area (Å²) in [5, 5.41) is 8.49. The van der Waals surface area contributed by atoms with Crippen LogP contribution in [0.1, 0.15) is 81.1 Å². The van der Waals surface area contributed by atoms with E-state index < -0.39 is 52.8 Å². The number of nitrogens with one attached hydrogen (secondary N) is 3. The molecule has 0 radical (unpaired) electrons. The van der Waals surface area contributed by atoms with Crippen molar-refractivity contribution in [2.75, 3.05) is 13.7 Å². The minimum Gasteiger partial charge on any atom is -0.463 e. The van der Waals surface area contributed by atoms with Gasteiger partial charge in [-0.3, -0.25) is 14.4 Å². The number of carbonyl (C=O) groups excluding carboxylic acids is 5. The fourth-order valence-corrected chi connectivity index (χ4v) is 5.93. The van der Waals surface area contributed by atoms with E-state index in [-0.39, 0.29) is 29.1 Å². The van der Waals surface area contributed by atoms with Crippen molar-refractivity contribution < 1.29 is 28.7 Å². The number of Topliss-reactive ketones (excluding diaryl/α,β-unsaturated/α-hetero) is 1. The van der Waals surface area contributed by atoms with E-state index in [9.17, 15) is 24.0 Å². The number of methoxy groups -OCH3 is 1. The standard InChI is InChI=1S/C28H46N4O6/c1-26(2,3)21(30-25(37)31-27(4,5)6)23(35)32-14-16-18(28(16,7)8)19(32)22(34)29-17(13-15-11-10-12-15)20(33)24(36)38-9/h15-19,21H,10-14H2,1-9H3,(H,29,34)(H2,30,31,37). The van der Waals surface area contributed by atoms with Crippen molar-refractivity contribution in [1.29, 1.82) is 0 Å². The van der Waals surface area contributed by atoms with Crippen molar-refractivity contribution in [3.63, 3.8) is 0 Å². The van der Waals surface area contributed by atoms with E-state index in [0.717, 1.165) is 26.4 Å². The van der Waals surface area contributed by atoms with Gasteiger partial charge in [-0.25, -0.2) is 9.59 Å². The minimum atomic E-state index is -0.993. The van der Waals surface area contributed by atoms with Crippen LogP contribution in [0.25, 0.3) is 0 Å². The number of fused-ring (bicyclic) bond motifs is 1. The quantitative estimate of drug-likeness (QED) is 0.323. The summed E-state index contributed by atoms with van der Waals surface area (Å²) in [6.45, 7) is 15.7. The molecule has 0 aromatic carbocycles. The third-order valence-corrected chi connectivity index (χ3v) is 8.45. The van der Waals surface area contributed by atoms with Gasteiger partial charge in [0.25, 0.3) is 5.78 Å². The van der Waals surface area contributed by atoms with E-state index in [1.807, 2.05) is 41.5 Å². The van der Waals surface area contributed by atoms with Crippen LogP contribution in [0.4, 0.5) is 4.79 Å². The Bertz CT molecular complexity index is 975. The van der Waals surface area contributed by atoms with Gasteiger partial charge < -0.3 is 25.6 Å². The number of urea groups is 1. The summed E-state index contributed by atoms with van der Waals surface area (Å²) >= 11 is 0.